The molecule has 1 N–H and O–H groups in total. The molecule has 0 amide bonds. The van der Waals surface area contributed by atoms with Gasteiger partial charge in [0.2, 0.25) is 5.95 Å². The van der Waals surface area contributed by atoms with Gasteiger partial charge < -0.3 is 5.11 Å². The number of β-amino-alcohol motifs (C(OH)–C–C–N with tert-alkyl or cyclic N) is 1. The minimum atomic E-state index is -0.424. The molecular formula is C13H18N6O3. The lowest BCUT2D eigenvalue weighted by molar-refractivity contribution is 0.300. The lowest BCUT2D eigenvalue weighted by atomic mass is 10.2. The van der Waals surface area contributed by atoms with E-state index in [1.165, 1.54) is 11.6 Å². The van der Waals surface area contributed by atoms with Crippen molar-refractivity contribution in [1.82, 2.24) is 18.7 Å². The molecule has 9 heteroatoms. The number of aromatic nitrogens is 4. The molecule has 1 unspecified atom stereocenters. The number of nitrogens with zero attached hydrogens (tertiary/aromatic N) is 6. The highest BCUT2D eigenvalue weighted by atomic mass is 16.3. The third kappa shape index (κ3) is 1.75. The Morgan fingerprint density at radius 2 is 1.91 bits per heavy atom. The minimum absolute atomic E-state index is 0.0920. The van der Waals surface area contributed by atoms with E-state index in [4.69, 9.17) is 0 Å². The molecular weight excluding hydrogens is 288 g/mol. The summed E-state index contributed by atoms with van der Waals surface area (Å²) in [5.41, 5.74) is 0.678. The third-order valence-corrected chi connectivity index (χ3v) is 4.09. The summed E-state index contributed by atoms with van der Waals surface area (Å²) in [7, 11) is 3.03. The molecule has 0 saturated carbocycles. The maximum atomic E-state index is 12.5. The van der Waals surface area contributed by atoms with Crippen LogP contribution in [0.15, 0.2) is 14.7 Å². The van der Waals surface area contributed by atoms with Crippen molar-refractivity contribution in [2.75, 3.05) is 18.2 Å². The van der Waals surface area contributed by atoms with Gasteiger partial charge in [0.1, 0.15) is 0 Å². The second-order valence-electron chi connectivity index (χ2n) is 5.42. The quantitative estimate of drug-likeness (QED) is 0.782. The van der Waals surface area contributed by atoms with Gasteiger partial charge in [-0.05, 0) is 13.8 Å². The predicted octanol–water partition coefficient (Wildman–Crippen LogP) is -0.817. The van der Waals surface area contributed by atoms with E-state index in [9.17, 15) is 14.7 Å². The summed E-state index contributed by atoms with van der Waals surface area (Å²) in [6.45, 7) is 3.95. The summed E-state index contributed by atoms with van der Waals surface area (Å²) in [5, 5.41) is 15.2. The zero-order valence-electron chi connectivity index (χ0n) is 12.9. The van der Waals surface area contributed by atoms with Crippen LogP contribution in [0.3, 0.4) is 0 Å². The molecule has 3 rings (SSSR count). The molecule has 1 aliphatic rings. The van der Waals surface area contributed by atoms with E-state index >= 15 is 0 Å². The van der Waals surface area contributed by atoms with Crippen molar-refractivity contribution in [2.24, 2.45) is 19.2 Å². The number of hydrogen-bond donors (Lipinski definition) is 1. The molecule has 22 heavy (non-hydrogen) atoms. The van der Waals surface area contributed by atoms with E-state index in [-0.39, 0.29) is 24.8 Å². The van der Waals surface area contributed by atoms with Gasteiger partial charge in [0.15, 0.2) is 11.2 Å². The predicted molar refractivity (Wildman–Crippen MR) is 82.5 cm³/mol. The first kappa shape index (κ1) is 14.5. The number of anilines is 1. The summed E-state index contributed by atoms with van der Waals surface area (Å²) in [6, 6.07) is -0.153. The molecule has 9 nitrogen and oxygen atoms in total. The summed E-state index contributed by atoms with van der Waals surface area (Å²) in [5.74, 6) is 0.459. The molecule has 0 saturated heterocycles. The number of hydrogen-bond acceptors (Lipinski definition) is 6. The molecule has 1 atom stereocenters. The number of aryl methyl sites for hydroxylation is 1. The topological polar surface area (TPSA) is 97.7 Å². The molecule has 118 valence electrons. The van der Waals surface area contributed by atoms with Gasteiger partial charge in [-0.3, -0.25) is 18.5 Å². The highest BCUT2D eigenvalue weighted by Gasteiger charge is 2.29. The van der Waals surface area contributed by atoms with Crippen LogP contribution in [0.25, 0.3) is 11.2 Å². The smallest absolute Gasteiger partial charge is 0.332 e. The second kappa shape index (κ2) is 4.80. The van der Waals surface area contributed by atoms with Crippen LogP contribution in [0.2, 0.25) is 0 Å². The van der Waals surface area contributed by atoms with E-state index < -0.39 is 5.69 Å². The van der Waals surface area contributed by atoms with Gasteiger partial charge in [0.25, 0.3) is 5.56 Å². The Balaban J connectivity index is 2.45. The average Bonchev–Trinajstić information content (AvgIpc) is 2.89. The Morgan fingerprint density at radius 1 is 1.23 bits per heavy atom. The van der Waals surface area contributed by atoms with Crippen molar-refractivity contribution in [2.45, 2.75) is 19.9 Å². The SMILES string of the molecule is CC1=NN(CCO)c2nc3c(c(=O)n(C)c(=O)n3C)n2C1C. The number of hydrazone groups is 1. The van der Waals surface area contributed by atoms with Gasteiger partial charge in [-0.1, -0.05) is 0 Å². The lowest BCUT2D eigenvalue weighted by Gasteiger charge is -2.28. The van der Waals surface area contributed by atoms with E-state index in [0.717, 1.165) is 10.3 Å². The molecule has 2 aromatic rings. The summed E-state index contributed by atoms with van der Waals surface area (Å²) in [6.07, 6.45) is 0. The van der Waals surface area contributed by atoms with Gasteiger partial charge in [-0.25, -0.2) is 9.80 Å². The van der Waals surface area contributed by atoms with Crippen molar-refractivity contribution in [1.29, 1.82) is 0 Å². The number of aliphatic hydroxyl groups is 1. The second-order valence-corrected chi connectivity index (χ2v) is 5.42. The van der Waals surface area contributed by atoms with Crippen LogP contribution in [0.4, 0.5) is 5.95 Å². The normalized spacial score (nSPS) is 17.8. The van der Waals surface area contributed by atoms with E-state index in [0.29, 0.717) is 17.1 Å². The van der Waals surface area contributed by atoms with Crippen LogP contribution in [-0.2, 0) is 14.1 Å². The maximum Gasteiger partial charge on any atom is 0.332 e. The first-order chi connectivity index (χ1) is 10.4. The average molecular weight is 306 g/mol. The first-order valence-electron chi connectivity index (χ1n) is 7.00. The Labute approximate surface area is 125 Å². The Hall–Kier alpha value is -2.42. The van der Waals surface area contributed by atoms with Crippen LogP contribution >= 0.6 is 0 Å². The van der Waals surface area contributed by atoms with Crippen molar-refractivity contribution < 1.29 is 5.11 Å². The van der Waals surface area contributed by atoms with Gasteiger partial charge in [-0.15, -0.1) is 0 Å². The molecule has 0 radical (unpaired) electrons. The molecule has 1 aliphatic heterocycles. The zero-order valence-corrected chi connectivity index (χ0v) is 12.9. The Bertz CT molecular complexity index is 903. The van der Waals surface area contributed by atoms with Crippen LogP contribution in [-0.4, -0.2) is 42.7 Å². The lowest BCUT2D eigenvalue weighted by Crippen LogP contribution is -2.38. The van der Waals surface area contributed by atoms with Crippen molar-refractivity contribution in [3.8, 4) is 0 Å². The maximum absolute atomic E-state index is 12.5. The van der Waals surface area contributed by atoms with Gasteiger partial charge in [0.05, 0.1) is 24.9 Å². The number of rotatable bonds is 2. The summed E-state index contributed by atoms with van der Waals surface area (Å²) < 4.78 is 4.19. The van der Waals surface area contributed by atoms with Crippen molar-refractivity contribution in [3.63, 3.8) is 0 Å². The highest BCUT2D eigenvalue weighted by molar-refractivity contribution is 5.90. The molecule has 0 bridgehead atoms. The van der Waals surface area contributed by atoms with E-state index in [1.807, 2.05) is 13.8 Å². The number of imidazole rings is 1. The Kier molecular flexibility index (Phi) is 3.17. The molecule has 0 aromatic carbocycles. The van der Waals surface area contributed by atoms with Gasteiger partial charge in [-0.2, -0.15) is 10.1 Å². The number of aliphatic hydroxyl groups excluding tert-OH is 1. The minimum Gasteiger partial charge on any atom is -0.394 e. The van der Waals surface area contributed by atoms with Crippen molar-refractivity contribution in [3.05, 3.63) is 20.8 Å². The number of fused-ring (bicyclic) bond motifs is 3. The monoisotopic (exact) mass is 306 g/mol. The van der Waals surface area contributed by atoms with Crippen LogP contribution in [0.5, 0.6) is 0 Å². The van der Waals surface area contributed by atoms with Crippen LogP contribution in [0.1, 0.15) is 19.9 Å². The molecule has 0 fully saturated rings. The molecule has 2 aromatic heterocycles. The molecule has 0 spiro atoms. The highest BCUT2D eigenvalue weighted by Crippen LogP contribution is 2.29. The molecule has 3 heterocycles. The molecule has 0 aliphatic carbocycles. The fourth-order valence-electron chi connectivity index (χ4n) is 2.70. The summed E-state index contributed by atoms with van der Waals surface area (Å²) in [4.78, 5) is 29.0. The van der Waals surface area contributed by atoms with Gasteiger partial charge >= 0.3 is 5.69 Å². The zero-order chi connectivity index (χ0) is 16.2. The van der Waals surface area contributed by atoms with Crippen LogP contribution < -0.4 is 16.3 Å². The van der Waals surface area contributed by atoms with E-state index in [1.54, 1.807) is 16.6 Å². The fourth-order valence-corrected chi connectivity index (χ4v) is 2.70. The summed E-state index contributed by atoms with van der Waals surface area (Å²) >= 11 is 0. The first-order valence-corrected chi connectivity index (χ1v) is 7.00. The third-order valence-electron chi connectivity index (χ3n) is 4.09. The fraction of sp³-hybridized carbons (Fsp3) is 0.538. The van der Waals surface area contributed by atoms with E-state index in [2.05, 4.69) is 10.1 Å². The van der Waals surface area contributed by atoms with Gasteiger partial charge in [0, 0.05) is 14.1 Å². The van der Waals surface area contributed by atoms with Crippen molar-refractivity contribution >= 4 is 22.8 Å². The Morgan fingerprint density at radius 3 is 2.55 bits per heavy atom. The van der Waals surface area contributed by atoms with Crippen LogP contribution in [0, 0.1) is 0 Å². The largest absolute Gasteiger partial charge is 0.394 e. The standard InChI is InChI=1S/C13H18N6O3/c1-7-8(2)19-9-10(14-12(19)18(15-7)5-6-20)16(3)13(22)17(4)11(9)21/h8,20H,5-6H2,1-4H3.